The second kappa shape index (κ2) is 5.07. The van der Waals surface area contributed by atoms with E-state index in [0.717, 1.165) is 12.8 Å². The second-order valence-electron chi connectivity index (χ2n) is 4.04. The normalized spacial score (nSPS) is 13.6. The van der Waals surface area contributed by atoms with Gasteiger partial charge in [0, 0.05) is 0 Å². The number of carbonyl (C=O) groups is 1. The van der Waals surface area contributed by atoms with Gasteiger partial charge in [0.25, 0.3) is 0 Å². The van der Waals surface area contributed by atoms with E-state index in [1.165, 1.54) is 0 Å². The molecule has 4 nitrogen and oxygen atoms in total. The fourth-order valence-corrected chi connectivity index (χ4v) is 0.842. The summed E-state index contributed by atoms with van der Waals surface area (Å²) in [7, 11) is 0. The van der Waals surface area contributed by atoms with Gasteiger partial charge in [-0.05, 0) is 27.2 Å². The Morgan fingerprint density at radius 3 is 2.46 bits per heavy atom. The Kier molecular flexibility index (Phi) is 4.77. The summed E-state index contributed by atoms with van der Waals surface area (Å²) in [6, 6.07) is 0. The highest BCUT2D eigenvalue weighted by atomic mass is 16.6. The van der Waals surface area contributed by atoms with Crippen molar-refractivity contribution in [3.63, 3.8) is 0 Å². The predicted octanol–water partition coefficient (Wildman–Crippen LogP) is 1.60. The largest absolute Gasteiger partial charge is 0.444 e. The van der Waals surface area contributed by atoms with Crippen LogP contribution in [-0.2, 0) is 4.74 Å². The van der Waals surface area contributed by atoms with Crippen molar-refractivity contribution in [2.24, 2.45) is 5.73 Å². The van der Waals surface area contributed by atoms with E-state index < -0.39 is 11.7 Å². The molecule has 0 unspecified atom stereocenters. The molecule has 0 bridgehead atoms. The molecular weight excluding hydrogens is 168 g/mol. The third-order valence-electron chi connectivity index (χ3n) is 1.30. The number of hydrogen-bond acceptors (Lipinski definition) is 3. The first kappa shape index (κ1) is 12.2. The molecule has 4 heteroatoms. The summed E-state index contributed by atoms with van der Waals surface area (Å²) in [4.78, 5) is 11.1. The van der Waals surface area contributed by atoms with Crippen LogP contribution in [0.25, 0.3) is 0 Å². The number of ether oxygens (including phenoxy) is 1. The Labute approximate surface area is 79.8 Å². The molecule has 0 saturated heterocycles. The molecule has 1 amide bonds. The number of nitrogens with two attached hydrogens (primary N) is 1. The van der Waals surface area contributed by atoms with Gasteiger partial charge in [-0.2, -0.15) is 0 Å². The molecule has 1 atom stereocenters. The number of hydrogen-bond donors (Lipinski definition) is 2. The summed E-state index contributed by atoms with van der Waals surface area (Å²) in [5.41, 5.74) is 5.13. The molecule has 0 fully saturated rings. The van der Waals surface area contributed by atoms with E-state index in [1.54, 1.807) is 0 Å². The molecule has 78 valence electrons. The highest BCUT2D eigenvalue weighted by Crippen LogP contribution is 2.06. The fourth-order valence-electron chi connectivity index (χ4n) is 0.842. The van der Waals surface area contributed by atoms with Crippen molar-refractivity contribution in [2.45, 2.75) is 52.3 Å². The van der Waals surface area contributed by atoms with Crippen molar-refractivity contribution in [3.05, 3.63) is 0 Å². The van der Waals surface area contributed by atoms with E-state index in [-0.39, 0.29) is 6.17 Å². The smallest absolute Gasteiger partial charge is 0.408 e. The van der Waals surface area contributed by atoms with Crippen molar-refractivity contribution in [1.29, 1.82) is 0 Å². The summed E-state index contributed by atoms with van der Waals surface area (Å²) in [5.74, 6) is 0. The molecule has 0 aliphatic rings. The number of nitrogens with one attached hydrogen (secondary N) is 1. The predicted molar refractivity (Wildman–Crippen MR) is 52.3 cm³/mol. The van der Waals surface area contributed by atoms with E-state index in [2.05, 4.69) is 5.32 Å². The maximum Gasteiger partial charge on any atom is 0.408 e. The lowest BCUT2D eigenvalue weighted by Gasteiger charge is -2.21. The van der Waals surface area contributed by atoms with Crippen molar-refractivity contribution < 1.29 is 9.53 Å². The molecule has 0 saturated carbocycles. The number of amides is 1. The molecular formula is C9H20N2O2. The zero-order valence-corrected chi connectivity index (χ0v) is 8.89. The van der Waals surface area contributed by atoms with Crippen LogP contribution in [0.15, 0.2) is 0 Å². The van der Waals surface area contributed by atoms with Gasteiger partial charge in [-0.3, -0.25) is 0 Å². The Hall–Kier alpha value is -0.770. The van der Waals surface area contributed by atoms with Crippen molar-refractivity contribution in [2.75, 3.05) is 0 Å². The van der Waals surface area contributed by atoms with E-state index in [4.69, 9.17) is 10.5 Å². The molecule has 0 aliphatic carbocycles. The van der Waals surface area contributed by atoms with Crippen LogP contribution in [0.5, 0.6) is 0 Å². The summed E-state index contributed by atoms with van der Waals surface area (Å²) in [5, 5.41) is 2.55. The average Bonchev–Trinajstić information content (AvgIpc) is 1.81. The Bertz CT molecular complexity index is 163. The molecule has 0 rings (SSSR count). The van der Waals surface area contributed by atoms with Gasteiger partial charge in [0.05, 0.1) is 6.17 Å². The Morgan fingerprint density at radius 1 is 1.54 bits per heavy atom. The molecule has 0 radical (unpaired) electrons. The van der Waals surface area contributed by atoms with E-state index >= 15 is 0 Å². The second-order valence-corrected chi connectivity index (χ2v) is 4.04. The zero-order valence-electron chi connectivity index (χ0n) is 8.89. The van der Waals surface area contributed by atoms with Gasteiger partial charge in [-0.15, -0.1) is 0 Å². The third kappa shape index (κ3) is 7.59. The maximum atomic E-state index is 11.1. The van der Waals surface area contributed by atoms with Crippen LogP contribution in [0.1, 0.15) is 40.5 Å². The molecule has 0 aliphatic heterocycles. The van der Waals surface area contributed by atoms with E-state index in [1.807, 2.05) is 27.7 Å². The van der Waals surface area contributed by atoms with Crippen molar-refractivity contribution in [1.82, 2.24) is 5.32 Å². The summed E-state index contributed by atoms with van der Waals surface area (Å²) in [6.07, 6.45) is 0.948. The monoisotopic (exact) mass is 188 g/mol. The minimum absolute atomic E-state index is 0.306. The molecule has 0 aromatic carbocycles. The van der Waals surface area contributed by atoms with Gasteiger partial charge in [-0.25, -0.2) is 4.79 Å². The van der Waals surface area contributed by atoms with Gasteiger partial charge in [0.15, 0.2) is 0 Å². The third-order valence-corrected chi connectivity index (χ3v) is 1.30. The number of rotatable bonds is 3. The van der Waals surface area contributed by atoms with Crippen LogP contribution in [0, 0.1) is 0 Å². The van der Waals surface area contributed by atoms with Crippen molar-refractivity contribution >= 4 is 6.09 Å². The molecule has 0 spiro atoms. The summed E-state index contributed by atoms with van der Waals surface area (Å²) in [6.45, 7) is 7.46. The van der Waals surface area contributed by atoms with E-state index in [0.29, 0.717) is 0 Å². The van der Waals surface area contributed by atoms with Gasteiger partial charge in [0.1, 0.15) is 5.60 Å². The molecule has 0 aromatic heterocycles. The highest BCUT2D eigenvalue weighted by molar-refractivity contribution is 5.67. The van der Waals surface area contributed by atoms with Crippen molar-refractivity contribution in [3.8, 4) is 0 Å². The van der Waals surface area contributed by atoms with Gasteiger partial charge in [0.2, 0.25) is 0 Å². The fraction of sp³-hybridized carbons (Fsp3) is 0.889. The standard InChI is InChI=1S/C9H20N2O2/c1-5-6-7(10)11-8(12)13-9(2,3)4/h7H,5-6,10H2,1-4H3,(H,11,12)/t7-/m0/s1. The maximum absolute atomic E-state index is 11.1. The molecule has 0 aromatic rings. The Morgan fingerprint density at radius 2 is 2.08 bits per heavy atom. The lowest BCUT2D eigenvalue weighted by atomic mass is 10.2. The molecule has 13 heavy (non-hydrogen) atoms. The van der Waals surface area contributed by atoms with Crippen LogP contribution in [0.4, 0.5) is 4.79 Å². The topological polar surface area (TPSA) is 64.3 Å². The average molecular weight is 188 g/mol. The van der Waals surface area contributed by atoms with Crippen LogP contribution in [0.3, 0.4) is 0 Å². The first-order chi connectivity index (χ1) is 5.85. The van der Waals surface area contributed by atoms with Crippen LogP contribution >= 0.6 is 0 Å². The first-order valence-corrected chi connectivity index (χ1v) is 4.60. The van der Waals surface area contributed by atoms with E-state index in [9.17, 15) is 4.79 Å². The van der Waals surface area contributed by atoms with Gasteiger partial charge in [-0.1, -0.05) is 13.3 Å². The highest BCUT2D eigenvalue weighted by Gasteiger charge is 2.17. The SMILES string of the molecule is CCC[C@@H](N)NC(=O)OC(C)(C)C. The quantitative estimate of drug-likeness (QED) is 0.661. The van der Waals surface area contributed by atoms with Gasteiger partial charge >= 0.3 is 6.09 Å². The summed E-state index contributed by atoms with van der Waals surface area (Å²) < 4.78 is 5.02. The van der Waals surface area contributed by atoms with Gasteiger partial charge < -0.3 is 15.8 Å². The zero-order chi connectivity index (χ0) is 10.5. The minimum atomic E-state index is -0.462. The minimum Gasteiger partial charge on any atom is -0.444 e. The Balaban J connectivity index is 3.74. The first-order valence-electron chi connectivity index (χ1n) is 4.60. The number of alkyl carbamates (subject to hydrolysis) is 1. The number of carbonyl (C=O) groups excluding carboxylic acids is 1. The summed E-state index contributed by atoms with van der Waals surface area (Å²) >= 11 is 0. The van der Waals surface area contributed by atoms with Crippen LogP contribution < -0.4 is 11.1 Å². The lowest BCUT2D eigenvalue weighted by molar-refractivity contribution is 0.0503. The molecule has 0 heterocycles. The van der Waals surface area contributed by atoms with Crippen LogP contribution in [-0.4, -0.2) is 17.9 Å². The lowest BCUT2D eigenvalue weighted by Crippen LogP contribution is -2.43. The molecule has 3 N–H and O–H groups in total. The van der Waals surface area contributed by atoms with Crippen LogP contribution in [0.2, 0.25) is 0 Å².